The minimum Gasteiger partial charge on any atom is -0.497 e. The van der Waals surface area contributed by atoms with Gasteiger partial charge in [-0.25, -0.2) is 0 Å². The van der Waals surface area contributed by atoms with Crippen molar-refractivity contribution in [2.45, 2.75) is 0 Å². The van der Waals surface area contributed by atoms with Crippen LogP contribution in [-0.2, 0) is 4.74 Å². The molecule has 0 spiro atoms. The normalized spacial score (nSPS) is 13.0. The third-order valence-corrected chi connectivity index (χ3v) is 0.970. The Morgan fingerprint density at radius 1 is 1.60 bits per heavy atom. The first-order valence-electron chi connectivity index (χ1n) is 2.70. The van der Waals surface area contributed by atoms with Gasteiger partial charge in [0, 0.05) is 0 Å². The summed E-state index contributed by atoms with van der Waals surface area (Å²) < 4.78 is 4.83. The van der Waals surface area contributed by atoms with Gasteiger partial charge in [-0.1, -0.05) is 18.2 Å². The zero-order valence-electron chi connectivity index (χ0n) is 5.80. The van der Waals surface area contributed by atoms with Crippen molar-refractivity contribution in [3.05, 3.63) is 35.7 Å². The van der Waals surface area contributed by atoms with E-state index in [-0.39, 0.29) is 5.16 Å². The van der Waals surface area contributed by atoms with Crippen LogP contribution in [-0.4, -0.2) is 7.11 Å². The Kier molecular flexibility index (Phi) is 4.50. The van der Waals surface area contributed by atoms with Gasteiger partial charge in [0.1, 0.15) is 5.76 Å². The molecule has 0 amide bonds. The van der Waals surface area contributed by atoms with Crippen LogP contribution < -0.4 is 5.73 Å². The van der Waals surface area contributed by atoms with E-state index < -0.39 is 0 Å². The summed E-state index contributed by atoms with van der Waals surface area (Å²) in [6, 6.07) is 0. The van der Waals surface area contributed by atoms with Crippen LogP contribution in [0.5, 0.6) is 0 Å². The van der Waals surface area contributed by atoms with Gasteiger partial charge >= 0.3 is 0 Å². The van der Waals surface area contributed by atoms with E-state index in [0.717, 1.165) is 0 Å². The largest absolute Gasteiger partial charge is 0.497 e. The molecule has 0 fully saturated rings. The number of allylic oxidation sites excluding steroid dienone is 3. The summed E-state index contributed by atoms with van der Waals surface area (Å²) in [7, 11) is 1.55. The van der Waals surface area contributed by atoms with Crippen molar-refractivity contribution in [3.63, 3.8) is 0 Å². The lowest BCUT2D eigenvalue weighted by Crippen LogP contribution is -1.86. The highest BCUT2D eigenvalue weighted by molar-refractivity contribution is 6.29. The lowest BCUT2D eigenvalue weighted by molar-refractivity contribution is 0.307. The number of halogens is 1. The van der Waals surface area contributed by atoms with E-state index in [2.05, 4.69) is 6.58 Å². The van der Waals surface area contributed by atoms with Gasteiger partial charge in [0.05, 0.1) is 12.3 Å². The molecule has 0 atom stereocenters. The van der Waals surface area contributed by atoms with Gasteiger partial charge in [0.2, 0.25) is 0 Å². The topological polar surface area (TPSA) is 35.2 Å². The fourth-order valence-electron chi connectivity index (χ4n) is 0.381. The van der Waals surface area contributed by atoms with Gasteiger partial charge in [-0.05, 0) is 18.2 Å². The highest BCUT2D eigenvalue weighted by atomic mass is 35.5. The zero-order chi connectivity index (χ0) is 7.98. The summed E-state index contributed by atoms with van der Waals surface area (Å²) >= 11 is 5.34. The van der Waals surface area contributed by atoms with Crippen LogP contribution in [0.3, 0.4) is 0 Å². The third-order valence-electron chi connectivity index (χ3n) is 0.844. The molecular weight excluding hydrogens is 150 g/mol. The predicted molar refractivity (Wildman–Crippen MR) is 43.4 cm³/mol. The van der Waals surface area contributed by atoms with Crippen LogP contribution in [0.2, 0.25) is 0 Å². The maximum absolute atomic E-state index is 5.34. The molecule has 0 bridgehead atoms. The van der Waals surface area contributed by atoms with Crippen LogP contribution in [0.1, 0.15) is 0 Å². The standard InChI is InChI=1S/C7H10ClNO/c1-3-6(10-2)4-5-7(8)9/h3-5H,1,9H2,2H3/b6-4+,7-5-. The number of hydrogen-bond donors (Lipinski definition) is 1. The Balaban J connectivity index is 4.12. The van der Waals surface area contributed by atoms with Crippen LogP contribution in [0.4, 0.5) is 0 Å². The SMILES string of the molecule is C=C/C(=C\C=C(/N)Cl)OC. The molecular formula is C7H10ClNO. The van der Waals surface area contributed by atoms with E-state index >= 15 is 0 Å². The van der Waals surface area contributed by atoms with Gasteiger partial charge < -0.3 is 10.5 Å². The monoisotopic (exact) mass is 159 g/mol. The predicted octanol–water partition coefficient (Wildman–Crippen LogP) is 1.74. The Morgan fingerprint density at radius 2 is 2.20 bits per heavy atom. The van der Waals surface area contributed by atoms with Crippen molar-refractivity contribution in [1.82, 2.24) is 0 Å². The van der Waals surface area contributed by atoms with E-state index in [0.29, 0.717) is 5.76 Å². The number of nitrogens with two attached hydrogens (primary N) is 1. The van der Waals surface area contributed by atoms with Crippen molar-refractivity contribution >= 4 is 11.6 Å². The Labute approximate surface area is 65.6 Å². The van der Waals surface area contributed by atoms with Gasteiger partial charge in [-0.2, -0.15) is 0 Å². The van der Waals surface area contributed by atoms with Crippen molar-refractivity contribution < 1.29 is 4.74 Å². The first-order chi connectivity index (χ1) is 4.70. The number of methoxy groups -OCH3 is 1. The molecule has 0 heterocycles. The average molecular weight is 160 g/mol. The second kappa shape index (κ2) is 4.94. The molecule has 0 aromatic carbocycles. The molecule has 10 heavy (non-hydrogen) atoms. The zero-order valence-corrected chi connectivity index (χ0v) is 6.56. The van der Waals surface area contributed by atoms with E-state index in [9.17, 15) is 0 Å². The van der Waals surface area contributed by atoms with Crippen LogP contribution in [0, 0.1) is 0 Å². The van der Waals surface area contributed by atoms with Gasteiger partial charge in [-0.15, -0.1) is 0 Å². The van der Waals surface area contributed by atoms with Crippen molar-refractivity contribution in [2.24, 2.45) is 5.73 Å². The van der Waals surface area contributed by atoms with Gasteiger partial charge in [-0.3, -0.25) is 0 Å². The Hall–Kier alpha value is -0.890. The first-order valence-corrected chi connectivity index (χ1v) is 3.08. The molecule has 2 nitrogen and oxygen atoms in total. The Bertz CT molecular complexity index is 168. The molecule has 0 rings (SSSR count). The quantitative estimate of drug-likeness (QED) is 0.387. The molecule has 0 aromatic heterocycles. The van der Waals surface area contributed by atoms with Crippen LogP contribution in [0.25, 0.3) is 0 Å². The smallest absolute Gasteiger partial charge is 0.118 e. The number of hydrogen-bond acceptors (Lipinski definition) is 2. The third kappa shape index (κ3) is 4.04. The molecule has 0 aliphatic carbocycles. The molecule has 0 aliphatic heterocycles. The highest BCUT2D eigenvalue weighted by Crippen LogP contribution is 1.98. The summed E-state index contributed by atoms with van der Waals surface area (Å²) in [5, 5.41) is 0.219. The molecule has 3 heteroatoms. The summed E-state index contributed by atoms with van der Waals surface area (Å²) in [5.41, 5.74) is 5.14. The molecule has 0 radical (unpaired) electrons. The molecule has 0 unspecified atom stereocenters. The first kappa shape index (κ1) is 9.11. The molecule has 0 aliphatic rings. The molecule has 0 saturated heterocycles. The van der Waals surface area contributed by atoms with Crippen LogP contribution in [0.15, 0.2) is 35.7 Å². The highest BCUT2D eigenvalue weighted by Gasteiger charge is 1.83. The summed E-state index contributed by atoms with van der Waals surface area (Å²) in [6.07, 6.45) is 4.73. The second-order valence-corrected chi connectivity index (χ2v) is 1.97. The summed E-state index contributed by atoms with van der Waals surface area (Å²) in [6.45, 7) is 3.50. The Morgan fingerprint density at radius 3 is 2.50 bits per heavy atom. The van der Waals surface area contributed by atoms with Crippen molar-refractivity contribution in [3.8, 4) is 0 Å². The maximum atomic E-state index is 5.34. The maximum Gasteiger partial charge on any atom is 0.118 e. The second-order valence-electron chi connectivity index (χ2n) is 1.53. The van der Waals surface area contributed by atoms with Crippen molar-refractivity contribution in [2.75, 3.05) is 7.11 Å². The molecule has 0 saturated carbocycles. The number of ether oxygens (including phenoxy) is 1. The minimum atomic E-state index is 0.219. The number of rotatable bonds is 3. The average Bonchev–Trinajstić information content (AvgIpc) is 1.90. The summed E-state index contributed by atoms with van der Waals surface area (Å²) in [5.74, 6) is 0.628. The lowest BCUT2D eigenvalue weighted by Gasteiger charge is -1.95. The van der Waals surface area contributed by atoms with E-state index in [1.54, 1.807) is 19.3 Å². The van der Waals surface area contributed by atoms with Gasteiger partial charge in [0.25, 0.3) is 0 Å². The van der Waals surface area contributed by atoms with E-state index in [1.165, 1.54) is 6.08 Å². The summed E-state index contributed by atoms with van der Waals surface area (Å²) in [4.78, 5) is 0. The van der Waals surface area contributed by atoms with E-state index in [1.807, 2.05) is 0 Å². The molecule has 2 N–H and O–H groups in total. The lowest BCUT2D eigenvalue weighted by atomic mass is 10.4. The fraction of sp³-hybridized carbons (Fsp3) is 0.143. The molecule has 56 valence electrons. The fourth-order valence-corrected chi connectivity index (χ4v) is 0.444. The van der Waals surface area contributed by atoms with Gasteiger partial charge in [0.15, 0.2) is 0 Å². The minimum absolute atomic E-state index is 0.219. The van der Waals surface area contributed by atoms with Crippen molar-refractivity contribution in [1.29, 1.82) is 0 Å². The van der Waals surface area contributed by atoms with E-state index in [4.69, 9.17) is 22.1 Å². The molecule has 0 aromatic rings. The van der Waals surface area contributed by atoms with Crippen LogP contribution >= 0.6 is 11.6 Å².